The minimum atomic E-state index is -2.90. The van der Waals surface area contributed by atoms with E-state index in [1.54, 1.807) is 0 Å². The van der Waals surface area contributed by atoms with Crippen molar-refractivity contribution in [2.75, 3.05) is 31.1 Å². The average molecular weight is 1540 g/mol. The second kappa shape index (κ2) is 32.9. The summed E-state index contributed by atoms with van der Waals surface area (Å²) in [5, 5.41) is 37.8. The monoisotopic (exact) mass is 1540 g/mol. The van der Waals surface area contributed by atoms with E-state index in [1.165, 1.54) is 19.6 Å². The Morgan fingerprint density at radius 2 is 0.417 bits per heavy atom. The lowest BCUT2D eigenvalue weighted by Gasteiger charge is -2.16. The summed E-state index contributed by atoms with van der Waals surface area (Å²) < 4.78 is 460. The van der Waals surface area contributed by atoms with Gasteiger partial charge in [-0.05, 0) is 26.6 Å². The van der Waals surface area contributed by atoms with Crippen molar-refractivity contribution >= 4 is 22.7 Å². The molecule has 0 aliphatic heterocycles. The zero-order chi connectivity index (χ0) is 79.4. The molecule has 560 valence electrons. The lowest BCUT2D eigenvalue weighted by Crippen LogP contribution is -2.21. The van der Waals surface area contributed by atoms with E-state index in [0.29, 0.717) is 0 Å². The molecule has 8 aromatic carbocycles. The number of aromatic hydroxyl groups is 2. The number of nitro benzene ring substituents is 2. The Bertz CT molecular complexity index is 4070. The van der Waals surface area contributed by atoms with Crippen LogP contribution in [0.3, 0.4) is 0 Å². The number of rotatable bonds is 13. The van der Waals surface area contributed by atoms with Crippen LogP contribution in [0.5, 0.6) is 57.5 Å². The van der Waals surface area contributed by atoms with Crippen LogP contribution in [0, 0.1) is 219 Å². The number of anilines is 2. The highest BCUT2D eigenvalue weighted by Gasteiger charge is 2.41. The summed E-state index contributed by atoms with van der Waals surface area (Å²) in [4.78, 5) is 19.5. The van der Waals surface area contributed by atoms with Crippen LogP contribution in [0.2, 0.25) is 0 Å². The van der Waals surface area contributed by atoms with Crippen molar-refractivity contribution in [1.82, 2.24) is 4.90 Å². The number of nitrogens with two attached hydrogens (primary N) is 2. The number of hydrogen-bond acceptors (Lipinski definition) is 13. The number of nitrogen functional groups attached to an aromatic ring is 2. The van der Waals surface area contributed by atoms with Crippen LogP contribution in [0.1, 0.15) is 26.3 Å². The molecule has 0 heterocycles. The van der Waals surface area contributed by atoms with E-state index in [-0.39, 0.29) is 0 Å². The van der Waals surface area contributed by atoms with Gasteiger partial charge in [0.1, 0.15) is 11.4 Å². The maximum Gasteiger partial charge on any atom is 0.346 e. The molecule has 0 saturated carbocycles. The number of phenols is 2. The standard InChI is InChI=1S/C18F12N2O6.C18H4F12N2O2.C7H3F5.C6H2F4O2.C6H15N/c19-1-5(23)15(6(24)2(20)13(1)31(33)34)37-17-9(27)11(29)18(12(30)10(17)28)38-16-7(25)3(21)14(32(35)36)4(22)8(16)26;19-1-5(23)15(6(24)2(20)13(1)31)33-17-9(27)11(29)18(12(30)10(17)28)34-16-7(25)3(21)14(32)4(22)8(16)26;1-2-3(8)5(10)7(12)6(11)4(2)9;7-1-2(8)6(12)4(10)3(9)5(1)11;1-4-7(5-2)6-3/h;31-32H2;1H3;11-12H;4-6H2,1-3H3. The fraction of sp³-hybridized carbons (Fsp3) is 0.127. The Morgan fingerprint density at radius 3 is 0.563 bits per heavy atom. The summed E-state index contributed by atoms with van der Waals surface area (Å²) in [6.45, 7) is 10.9. The number of hydrogen-bond donors (Lipinski definition) is 4. The molecule has 0 bridgehead atoms. The van der Waals surface area contributed by atoms with E-state index >= 15 is 0 Å². The molecule has 0 unspecified atom stereocenters. The highest BCUT2D eigenvalue weighted by atomic mass is 19.2. The first-order chi connectivity index (χ1) is 47.5. The fourth-order valence-electron chi connectivity index (χ4n) is 7.08. The largest absolute Gasteiger partial charge is 0.503 e. The lowest BCUT2D eigenvalue weighted by atomic mass is 10.2. The minimum absolute atomic E-state index is 0.816. The van der Waals surface area contributed by atoms with Crippen LogP contribution in [0.25, 0.3) is 0 Å². The van der Waals surface area contributed by atoms with Crippen molar-refractivity contribution in [3.05, 3.63) is 218 Å². The number of phenolic OH excluding ortho intramolecular Hbond substituents is 2. The number of nitrogens with zero attached hydrogens (tertiary/aromatic N) is 3. The van der Waals surface area contributed by atoms with Gasteiger partial charge < -0.3 is 45.5 Å². The smallest absolute Gasteiger partial charge is 0.346 e. The first-order valence-electron chi connectivity index (χ1n) is 25.6. The van der Waals surface area contributed by atoms with Gasteiger partial charge in [-0.25, -0.2) is 39.5 Å². The maximum absolute atomic E-state index is 14.3. The molecule has 0 aromatic heterocycles. The summed E-state index contributed by atoms with van der Waals surface area (Å²) in [6.07, 6.45) is 0. The van der Waals surface area contributed by atoms with Gasteiger partial charge in [-0.1, -0.05) is 20.8 Å². The molecule has 8 aromatic rings. The van der Waals surface area contributed by atoms with Gasteiger partial charge >= 0.3 is 11.4 Å². The number of halogens is 33. The highest BCUT2D eigenvalue weighted by molar-refractivity contribution is 5.53. The van der Waals surface area contributed by atoms with E-state index in [9.17, 15) is 165 Å². The second-order valence-electron chi connectivity index (χ2n) is 18.4. The molecule has 8 rings (SSSR count). The molecule has 0 radical (unpaired) electrons. The van der Waals surface area contributed by atoms with Crippen molar-refractivity contribution in [2.45, 2.75) is 27.7 Å². The van der Waals surface area contributed by atoms with Crippen molar-refractivity contribution < 1.29 is 184 Å². The molecule has 0 aliphatic rings. The molecule has 0 fully saturated rings. The average Bonchev–Trinajstić information content (AvgIpc) is 0.763. The normalized spacial score (nSPS) is 10.9. The van der Waals surface area contributed by atoms with Gasteiger partial charge in [0.15, 0.2) is 58.0 Å². The summed E-state index contributed by atoms with van der Waals surface area (Å²) in [5.41, 5.74) is 0.267. The van der Waals surface area contributed by atoms with Gasteiger partial charge in [0.25, 0.3) is 0 Å². The van der Waals surface area contributed by atoms with Gasteiger partial charge in [-0.15, -0.1) is 0 Å². The Labute approximate surface area is 545 Å². The van der Waals surface area contributed by atoms with Crippen LogP contribution in [0.4, 0.5) is 168 Å². The number of nitro groups is 2. The van der Waals surface area contributed by atoms with Gasteiger partial charge in [-0.2, -0.15) is 105 Å². The molecular weight excluding hydrogens is 1520 g/mol. The van der Waals surface area contributed by atoms with E-state index in [4.69, 9.17) is 21.7 Å². The Balaban J connectivity index is 0.000000310. The third-order valence-corrected chi connectivity index (χ3v) is 12.4. The Morgan fingerprint density at radius 1 is 0.272 bits per heavy atom. The number of benzene rings is 8. The van der Waals surface area contributed by atoms with Gasteiger partial charge in [0, 0.05) is 5.56 Å². The zero-order valence-electron chi connectivity index (χ0n) is 49.3. The van der Waals surface area contributed by atoms with Gasteiger partial charge in [0.05, 0.1) is 9.85 Å². The molecule has 6 N–H and O–H groups in total. The summed E-state index contributed by atoms with van der Waals surface area (Å²) in [7, 11) is 0. The van der Waals surface area contributed by atoms with Crippen LogP contribution in [-0.2, 0) is 0 Å². The Kier molecular flexibility index (Phi) is 26.9. The molecule has 48 heteroatoms. The van der Waals surface area contributed by atoms with Crippen molar-refractivity contribution in [3.8, 4) is 57.5 Å². The Hall–Kier alpha value is -11.4. The molecule has 0 aliphatic carbocycles. The SMILES string of the molecule is CCN(CC)CC.Cc1c(F)c(F)c(F)c(F)c1F.Nc1c(F)c(F)c(Oc2c(F)c(F)c(Oc3c(F)c(F)c(N)c(F)c3F)c(F)c2F)c(F)c1F.O=[N+]([O-])c1c(F)c(F)c(Oc2c(F)c(F)c(Oc3c(F)c(F)c([N+](=O)[O-])c(F)c3F)c(F)c2F)c(F)c1F.Oc1c(F)c(F)c(O)c(F)c1F. The van der Waals surface area contributed by atoms with E-state index in [2.05, 4.69) is 44.6 Å². The molecule has 15 nitrogen and oxygen atoms in total. The zero-order valence-corrected chi connectivity index (χ0v) is 49.3. The molecule has 103 heavy (non-hydrogen) atoms. The van der Waals surface area contributed by atoms with Crippen LogP contribution < -0.4 is 30.4 Å². The molecule has 0 saturated heterocycles. The van der Waals surface area contributed by atoms with Crippen molar-refractivity contribution in [2.24, 2.45) is 0 Å². The lowest BCUT2D eigenvalue weighted by molar-refractivity contribution is -0.390. The first kappa shape index (κ1) is 84.0. The molecule has 0 atom stereocenters. The third kappa shape index (κ3) is 16.0. The summed E-state index contributed by atoms with van der Waals surface area (Å²) in [6, 6.07) is 0. The van der Waals surface area contributed by atoms with Gasteiger partial charge in [-0.3, -0.25) is 20.2 Å². The molecular formula is C55H24F33N5O10. The van der Waals surface area contributed by atoms with E-state index < -0.39 is 288 Å². The van der Waals surface area contributed by atoms with E-state index in [1.807, 2.05) is 0 Å². The van der Waals surface area contributed by atoms with Gasteiger partial charge in [0.2, 0.25) is 191 Å². The van der Waals surface area contributed by atoms with Crippen LogP contribution in [-0.4, -0.2) is 44.6 Å². The summed E-state index contributed by atoms with van der Waals surface area (Å²) >= 11 is 0. The highest BCUT2D eigenvalue weighted by Crippen LogP contribution is 2.47. The first-order valence-corrected chi connectivity index (χ1v) is 25.6. The topological polar surface area (TPSA) is 219 Å². The minimum Gasteiger partial charge on any atom is -0.503 e. The summed E-state index contributed by atoms with van der Waals surface area (Å²) in [5.74, 6) is -104. The van der Waals surface area contributed by atoms with E-state index in [0.717, 1.165) is 6.92 Å². The molecule has 0 amide bonds. The second-order valence-corrected chi connectivity index (χ2v) is 18.4. The third-order valence-electron chi connectivity index (χ3n) is 12.4. The van der Waals surface area contributed by atoms with Crippen LogP contribution in [0.15, 0.2) is 0 Å². The van der Waals surface area contributed by atoms with Crippen LogP contribution >= 0.6 is 0 Å². The predicted molar refractivity (Wildman–Crippen MR) is 274 cm³/mol. The quantitative estimate of drug-likeness (QED) is 0.0161. The predicted octanol–water partition coefficient (Wildman–Crippen LogP) is 18.6. The fourth-order valence-corrected chi connectivity index (χ4v) is 7.08. The van der Waals surface area contributed by atoms with Crippen molar-refractivity contribution in [3.63, 3.8) is 0 Å². The maximum atomic E-state index is 14.3. The number of ether oxygens (including phenoxy) is 4. The van der Waals surface area contributed by atoms with Crippen molar-refractivity contribution in [1.29, 1.82) is 0 Å². The molecule has 0 spiro atoms.